The van der Waals surface area contributed by atoms with Gasteiger partial charge < -0.3 is 15.7 Å². The van der Waals surface area contributed by atoms with Crippen LogP contribution in [-0.4, -0.2) is 41.7 Å². The summed E-state index contributed by atoms with van der Waals surface area (Å²) in [5, 5.41) is 9.23. The highest BCUT2D eigenvalue weighted by atomic mass is 16.3. The van der Waals surface area contributed by atoms with Gasteiger partial charge in [0.2, 0.25) is 5.91 Å². The lowest BCUT2D eigenvalue weighted by molar-refractivity contribution is -0.135. The molecule has 1 saturated carbocycles. The molecule has 0 radical (unpaired) electrons. The standard InChI is InChI=1S/C16H32N2O2/c1-13(2)10-14(12-17)11-16(20)18(8-9-19)15-6-4-3-5-7-15/h13-15,19H,3-12,17H2,1-2H3. The van der Waals surface area contributed by atoms with Crippen molar-refractivity contribution in [2.45, 2.75) is 64.8 Å². The third-order valence-electron chi connectivity index (χ3n) is 4.28. The normalized spacial score (nSPS) is 18.2. The largest absolute Gasteiger partial charge is 0.395 e. The summed E-state index contributed by atoms with van der Waals surface area (Å²) in [4.78, 5) is 14.5. The van der Waals surface area contributed by atoms with Gasteiger partial charge in [-0.1, -0.05) is 33.1 Å². The van der Waals surface area contributed by atoms with Gasteiger partial charge in [0.25, 0.3) is 0 Å². The summed E-state index contributed by atoms with van der Waals surface area (Å²) >= 11 is 0. The van der Waals surface area contributed by atoms with E-state index in [4.69, 9.17) is 5.73 Å². The van der Waals surface area contributed by atoms with Crippen LogP contribution in [0.25, 0.3) is 0 Å². The zero-order chi connectivity index (χ0) is 15.0. The van der Waals surface area contributed by atoms with Crippen molar-refractivity contribution < 1.29 is 9.90 Å². The molecule has 0 aliphatic heterocycles. The van der Waals surface area contributed by atoms with E-state index in [1.54, 1.807) is 0 Å². The predicted octanol–water partition coefficient (Wildman–Crippen LogP) is 2.15. The Bertz CT molecular complexity index is 276. The number of amides is 1. The molecule has 1 aliphatic carbocycles. The van der Waals surface area contributed by atoms with Crippen LogP contribution in [0.3, 0.4) is 0 Å². The summed E-state index contributed by atoms with van der Waals surface area (Å²) in [6.07, 6.45) is 7.38. The van der Waals surface area contributed by atoms with Crippen molar-refractivity contribution in [2.75, 3.05) is 19.7 Å². The van der Waals surface area contributed by atoms with E-state index in [0.717, 1.165) is 19.3 Å². The van der Waals surface area contributed by atoms with E-state index >= 15 is 0 Å². The highest BCUT2D eigenvalue weighted by molar-refractivity contribution is 5.76. The highest BCUT2D eigenvalue weighted by Crippen LogP contribution is 2.24. The van der Waals surface area contributed by atoms with Gasteiger partial charge in [-0.05, 0) is 37.6 Å². The molecule has 0 spiro atoms. The number of rotatable bonds is 8. The topological polar surface area (TPSA) is 66.6 Å². The average Bonchev–Trinajstić information content (AvgIpc) is 2.44. The smallest absolute Gasteiger partial charge is 0.223 e. The Kier molecular flexibility index (Phi) is 8.15. The molecule has 0 saturated heterocycles. The number of hydrogen-bond acceptors (Lipinski definition) is 3. The van der Waals surface area contributed by atoms with Crippen LogP contribution in [0.5, 0.6) is 0 Å². The molecule has 4 nitrogen and oxygen atoms in total. The molecule has 0 aromatic carbocycles. The number of nitrogens with zero attached hydrogens (tertiary/aromatic N) is 1. The Labute approximate surface area is 123 Å². The van der Waals surface area contributed by atoms with Gasteiger partial charge in [0.05, 0.1) is 6.61 Å². The lowest BCUT2D eigenvalue weighted by Crippen LogP contribution is -2.44. The lowest BCUT2D eigenvalue weighted by Gasteiger charge is -2.35. The first-order chi connectivity index (χ1) is 9.58. The molecule has 0 bridgehead atoms. The van der Waals surface area contributed by atoms with Gasteiger partial charge in [-0.25, -0.2) is 0 Å². The van der Waals surface area contributed by atoms with Gasteiger partial charge in [0.15, 0.2) is 0 Å². The van der Waals surface area contributed by atoms with Gasteiger partial charge in [-0.3, -0.25) is 4.79 Å². The molecule has 1 atom stereocenters. The Morgan fingerprint density at radius 1 is 1.30 bits per heavy atom. The second-order valence-corrected chi connectivity index (χ2v) is 6.54. The van der Waals surface area contributed by atoms with Crippen molar-refractivity contribution in [2.24, 2.45) is 17.6 Å². The minimum atomic E-state index is 0.0553. The number of carbonyl (C=O) groups is 1. The molecule has 3 N–H and O–H groups in total. The SMILES string of the molecule is CC(C)CC(CN)CC(=O)N(CCO)C1CCCCC1. The average molecular weight is 284 g/mol. The number of aliphatic hydroxyl groups excluding tert-OH is 1. The minimum Gasteiger partial charge on any atom is -0.395 e. The molecule has 0 heterocycles. The van der Waals surface area contributed by atoms with Crippen LogP contribution in [0.2, 0.25) is 0 Å². The maximum atomic E-state index is 12.5. The van der Waals surface area contributed by atoms with Crippen LogP contribution < -0.4 is 5.73 Å². The second kappa shape index (κ2) is 9.35. The number of nitrogens with two attached hydrogens (primary N) is 1. The van der Waals surface area contributed by atoms with Crippen LogP contribution in [0.15, 0.2) is 0 Å². The summed E-state index contributed by atoms with van der Waals surface area (Å²) < 4.78 is 0. The quantitative estimate of drug-likeness (QED) is 0.717. The molecule has 4 heteroatoms. The van der Waals surface area contributed by atoms with Crippen molar-refractivity contribution in [3.63, 3.8) is 0 Å². The fraction of sp³-hybridized carbons (Fsp3) is 0.938. The summed E-state index contributed by atoms with van der Waals surface area (Å²) in [6.45, 7) is 5.43. The predicted molar refractivity (Wildman–Crippen MR) is 82.3 cm³/mol. The maximum absolute atomic E-state index is 12.5. The van der Waals surface area contributed by atoms with Crippen molar-refractivity contribution in [1.29, 1.82) is 0 Å². The molecule has 20 heavy (non-hydrogen) atoms. The van der Waals surface area contributed by atoms with E-state index < -0.39 is 0 Å². The summed E-state index contributed by atoms with van der Waals surface area (Å²) in [7, 11) is 0. The first kappa shape index (κ1) is 17.4. The maximum Gasteiger partial charge on any atom is 0.223 e. The molecule has 1 aliphatic rings. The van der Waals surface area contributed by atoms with Crippen molar-refractivity contribution in [3.8, 4) is 0 Å². The molecule has 118 valence electrons. The summed E-state index contributed by atoms with van der Waals surface area (Å²) in [6, 6.07) is 0.334. The molecule has 1 unspecified atom stereocenters. The van der Waals surface area contributed by atoms with Gasteiger partial charge in [-0.2, -0.15) is 0 Å². The van der Waals surface area contributed by atoms with Gasteiger partial charge in [0.1, 0.15) is 0 Å². The van der Waals surface area contributed by atoms with Gasteiger partial charge in [0, 0.05) is 19.0 Å². The van der Waals surface area contributed by atoms with E-state index in [2.05, 4.69) is 13.8 Å². The van der Waals surface area contributed by atoms with E-state index in [-0.39, 0.29) is 18.4 Å². The van der Waals surface area contributed by atoms with Crippen molar-refractivity contribution >= 4 is 5.91 Å². The highest BCUT2D eigenvalue weighted by Gasteiger charge is 2.26. The Morgan fingerprint density at radius 2 is 1.95 bits per heavy atom. The number of carbonyl (C=O) groups excluding carboxylic acids is 1. The fourth-order valence-electron chi connectivity index (χ4n) is 3.31. The Hall–Kier alpha value is -0.610. The van der Waals surface area contributed by atoms with Crippen LogP contribution >= 0.6 is 0 Å². The van der Waals surface area contributed by atoms with E-state index in [1.165, 1.54) is 19.3 Å². The van der Waals surface area contributed by atoms with Crippen molar-refractivity contribution in [1.82, 2.24) is 4.90 Å². The van der Waals surface area contributed by atoms with Crippen molar-refractivity contribution in [3.05, 3.63) is 0 Å². The van der Waals surface area contributed by atoms with E-state index in [0.29, 0.717) is 31.5 Å². The summed E-state index contributed by atoms with van der Waals surface area (Å²) in [5.41, 5.74) is 5.80. The molecule has 0 aromatic rings. The first-order valence-corrected chi connectivity index (χ1v) is 8.18. The van der Waals surface area contributed by atoms with Crippen LogP contribution in [0.1, 0.15) is 58.8 Å². The minimum absolute atomic E-state index is 0.0553. The zero-order valence-corrected chi connectivity index (χ0v) is 13.2. The van der Waals surface area contributed by atoms with Gasteiger partial charge >= 0.3 is 0 Å². The lowest BCUT2D eigenvalue weighted by atomic mass is 9.91. The van der Waals surface area contributed by atoms with E-state index in [9.17, 15) is 9.90 Å². The third kappa shape index (κ3) is 5.80. The zero-order valence-electron chi connectivity index (χ0n) is 13.2. The fourth-order valence-corrected chi connectivity index (χ4v) is 3.31. The summed E-state index contributed by atoms with van der Waals surface area (Å²) in [5.74, 6) is 1.02. The monoisotopic (exact) mass is 284 g/mol. The van der Waals surface area contributed by atoms with Crippen LogP contribution in [0.4, 0.5) is 0 Å². The van der Waals surface area contributed by atoms with Gasteiger partial charge in [-0.15, -0.1) is 0 Å². The molecule has 1 fully saturated rings. The van der Waals surface area contributed by atoms with Crippen LogP contribution in [-0.2, 0) is 4.79 Å². The Morgan fingerprint density at radius 3 is 2.45 bits per heavy atom. The molecule has 1 amide bonds. The molecule has 1 rings (SSSR count). The number of hydrogen-bond donors (Lipinski definition) is 2. The molecular formula is C16H32N2O2. The van der Waals surface area contributed by atoms with Crippen LogP contribution in [0, 0.1) is 11.8 Å². The first-order valence-electron chi connectivity index (χ1n) is 8.18. The third-order valence-corrected chi connectivity index (χ3v) is 4.28. The Balaban J connectivity index is 2.57. The van der Waals surface area contributed by atoms with E-state index in [1.807, 2.05) is 4.90 Å². The molecule has 0 aromatic heterocycles. The second-order valence-electron chi connectivity index (χ2n) is 6.54. The molecular weight excluding hydrogens is 252 g/mol. The number of aliphatic hydroxyl groups is 1.